The Labute approximate surface area is 217 Å². The van der Waals surface area contributed by atoms with Crippen molar-refractivity contribution >= 4 is 47.2 Å². The summed E-state index contributed by atoms with van der Waals surface area (Å²) in [7, 11) is -3.54. The average molecular weight is 538 g/mol. The molecule has 9 heteroatoms. The van der Waals surface area contributed by atoms with Crippen LogP contribution in [0.2, 0.25) is 23.2 Å². The lowest BCUT2D eigenvalue weighted by Gasteiger charge is -2.36. The predicted molar refractivity (Wildman–Crippen MR) is 150 cm³/mol. The number of imidazole rings is 1. The summed E-state index contributed by atoms with van der Waals surface area (Å²) in [4.78, 5) is 18.7. The summed E-state index contributed by atoms with van der Waals surface area (Å²) in [6.07, 6.45) is 9.17. The van der Waals surface area contributed by atoms with Crippen molar-refractivity contribution in [3.8, 4) is 0 Å². The molecule has 2 aromatic rings. The molecule has 1 heterocycles. The number of rotatable bonds is 11. The molecule has 0 fully saturated rings. The Hall–Kier alpha value is -1.74. The third-order valence-electron chi connectivity index (χ3n) is 6.81. The van der Waals surface area contributed by atoms with Gasteiger partial charge in [0.1, 0.15) is 19.2 Å². The summed E-state index contributed by atoms with van der Waals surface area (Å²) in [5.74, 6) is -0.393. The maximum Gasteiger partial charge on any atom is 0.308 e. The van der Waals surface area contributed by atoms with E-state index in [4.69, 9.17) is 16.6 Å². The highest BCUT2D eigenvalue weighted by atomic mass is 35.5. The van der Waals surface area contributed by atoms with E-state index in [9.17, 15) is 13.2 Å². The minimum absolute atomic E-state index is 0.0747. The largest absolute Gasteiger partial charge is 0.308 e. The second-order valence-electron chi connectivity index (χ2n) is 10.7. The number of carbonyl (C=O) groups is 1. The Morgan fingerprint density at radius 3 is 2.23 bits per heavy atom. The monoisotopic (exact) mass is 537 g/mol. The van der Waals surface area contributed by atoms with Crippen molar-refractivity contribution in [3.63, 3.8) is 0 Å². The van der Waals surface area contributed by atoms with E-state index in [0.29, 0.717) is 21.7 Å². The first-order valence-corrected chi connectivity index (χ1v) is 17.0. The van der Waals surface area contributed by atoms with Crippen LogP contribution in [0.1, 0.15) is 81.5 Å². The SMILES string of the molecule is CCCCCC/C=C\c1nc([Si](C)(C)C(C)(C)C)n(S(=O)(=O)N(C)C)c1C(=O)c1ccc(Cl)cc1. The van der Waals surface area contributed by atoms with Gasteiger partial charge in [-0.25, -0.2) is 8.96 Å². The highest BCUT2D eigenvalue weighted by Gasteiger charge is 2.45. The van der Waals surface area contributed by atoms with Crippen LogP contribution in [0, 0.1) is 0 Å². The maximum atomic E-state index is 13.8. The third kappa shape index (κ3) is 6.53. The summed E-state index contributed by atoms with van der Waals surface area (Å²) >= 11 is 6.04. The normalized spacial score (nSPS) is 13.2. The van der Waals surface area contributed by atoms with Crippen molar-refractivity contribution < 1.29 is 13.2 Å². The minimum Gasteiger partial charge on any atom is -0.287 e. The van der Waals surface area contributed by atoms with Crippen LogP contribution < -0.4 is 5.45 Å². The lowest BCUT2D eigenvalue weighted by Crippen LogP contribution is -2.56. The van der Waals surface area contributed by atoms with Crippen LogP contribution in [0.4, 0.5) is 0 Å². The summed E-state index contributed by atoms with van der Waals surface area (Å²) in [5, 5.41) is 0.310. The molecule has 35 heavy (non-hydrogen) atoms. The molecule has 0 atom stereocenters. The van der Waals surface area contributed by atoms with Gasteiger partial charge in [0.2, 0.25) is 5.78 Å². The van der Waals surface area contributed by atoms with Crippen LogP contribution in [0.5, 0.6) is 0 Å². The van der Waals surface area contributed by atoms with Gasteiger partial charge >= 0.3 is 10.2 Å². The molecule has 0 saturated carbocycles. The van der Waals surface area contributed by atoms with Crippen molar-refractivity contribution in [3.05, 3.63) is 52.3 Å². The first-order valence-electron chi connectivity index (χ1n) is 12.2. The predicted octanol–water partition coefficient (Wildman–Crippen LogP) is 6.12. The first-order chi connectivity index (χ1) is 16.2. The molecule has 0 spiro atoms. The van der Waals surface area contributed by atoms with Crippen LogP contribution in [0.15, 0.2) is 30.3 Å². The molecule has 0 aliphatic carbocycles. The molecule has 1 aromatic carbocycles. The topological polar surface area (TPSA) is 72.3 Å². The third-order valence-corrected chi connectivity index (χ3v) is 14.2. The average Bonchev–Trinajstić information content (AvgIpc) is 3.16. The Balaban J connectivity index is 2.82. The van der Waals surface area contributed by atoms with Gasteiger partial charge in [0, 0.05) is 24.7 Å². The van der Waals surface area contributed by atoms with Crippen molar-refractivity contribution in [1.29, 1.82) is 0 Å². The maximum absolute atomic E-state index is 13.8. The van der Waals surface area contributed by atoms with Gasteiger partial charge in [-0.15, -0.1) is 0 Å². The Morgan fingerprint density at radius 1 is 1.11 bits per heavy atom. The van der Waals surface area contributed by atoms with Crippen LogP contribution in [0.25, 0.3) is 6.08 Å². The second kappa shape index (κ2) is 11.5. The number of ketones is 1. The van der Waals surface area contributed by atoms with Gasteiger partial charge in [-0.3, -0.25) is 4.79 Å². The fourth-order valence-electron chi connectivity index (χ4n) is 3.49. The van der Waals surface area contributed by atoms with Crippen LogP contribution >= 0.6 is 11.6 Å². The highest BCUT2D eigenvalue weighted by molar-refractivity contribution is 7.87. The number of aromatic nitrogens is 2. The number of halogens is 1. The summed E-state index contributed by atoms with van der Waals surface area (Å²) in [5.41, 5.74) is 1.31. The van der Waals surface area contributed by atoms with E-state index >= 15 is 0 Å². The molecule has 0 radical (unpaired) electrons. The van der Waals surface area contributed by atoms with Crippen molar-refractivity contribution in [1.82, 2.24) is 13.3 Å². The van der Waals surface area contributed by atoms with Crippen molar-refractivity contribution in [2.75, 3.05) is 14.1 Å². The molecule has 0 aliphatic rings. The summed E-state index contributed by atoms with van der Waals surface area (Å²) in [6, 6.07) is 6.50. The highest BCUT2D eigenvalue weighted by Crippen LogP contribution is 2.36. The zero-order valence-corrected chi connectivity index (χ0v) is 24.9. The van der Waals surface area contributed by atoms with Crippen LogP contribution in [0.3, 0.4) is 0 Å². The second-order valence-corrected chi connectivity index (χ2v) is 18.3. The number of unbranched alkanes of at least 4 members (excludes halogenated alkanes) is 4. The van der Waals surface area contributed by atoms with E-state index < -0.39 is 24.1 Å². The zero-order valence-electron chi connectivity index (χ0n) is 22.4. The van der Waals surface area contributed by atoms with Gasteiger partial charge in [0.15, 0.2) is 0 Å². The quantitative estimate of drug-likeness (QED) is 0.196. The van der Waals surface area contributed by atoms with E-state index in [1.54, 1.807) is 24.3 Å². The Morgan fingerprint density at radius 2 is 1.71 bits per heavy atom. The van der Waals surface area contributed by atoms with E-state index in [-0.39, 0.29) is 10.7 Å². The summed E-state index contributed by atoms with van der Waals surface area (Å²) in [6.45, 7) is 12.7. The fraction of sp³-hybridized carbons (Fsp3) is 0.538. The van der Waals surface area contributed by atoms with Crippen LogP contribution in [-0.4, -0.2) is 49.6 Å². The molecule has 0 aliphatic heterocycles. The van der Waals surface area contributed by atoms with E-state index in [1.165, 1.54) is 24.5 Å². The smallest absolute Gasteiger partial charge is 0.287 e. The minimum atomic E-state index is -4.02. The van der Waals surface area contributed by atoms with Crippen molar-refractivity contribution in [2.45, 2.75) is 77.9 Å². The standard InChI is InChI=1S/C26H40ClN3O3SSi/c1-9-10-11-12-13-14-15-22-23(24(31)20-16-18-21(27)19-17-20)30(34(32,33)29(5)6)25(28-22)35(7,8)26(2,3)4/h14-19H,9-13H2,1-8H3/b15-14-. The lowest BCUT2D eigenvalue weighted by atomic mass is 10.1. The van der Waals surface area contributed by atoms with Gasteiger partial charge in [0.25, 0.3) is 0 Å². The molecule has 0 amide bonds. The van der Waals surface area contributed by atoms with Gasteiger partial charge in [-0.2, -0.15) is 12.7 Å². The van der Waals surface area contributed by atoms with Crippen LogP contribution in [-0.2, 0) is 10.2 Å². The van der Waals surface area contributed by atoms with E-state index in [0.717, 1.165) is 30.0 Å². The van der Waals surface area contributed by atoms with Crippen molar-refractivity contribution in [2.24, 2.45) is 0 Å². The molecule has 0 saturated heterocycles. The number of benzene rings is 1. The fourth-order valence-corrected chi connectivity index (χ4v) is 7.33. The van der Waals surface area contributed by atoms with E-state index in [2.05, 4.69) is 40.8 Å². The van der Waals surface area contributed by atoms with Gasteiger partial charge in [-0.05, 0) is 48.2 Å². The number of nitrogens with zero attached hydrogens (tertiary/aromatic N) is 3. The molecule has 0 unspecified atom stereocenters. The molecular formula is C26H40ClN3O3SSi. The number of hydrogen-bond donors (Lipinski definition) is 0. The molecule has 1 aromatic heterocycles. The lowest BCUT2D eigenvalue weighted by molar-refractivity contribution is 0.103. The van der Waals surface area contributed by atoms with Gasteiger partial charge < -0.3 is 0 Å². The summed E-state index contributed by atoms with van der Waals surface area (Å²) < 4.78 is 29.7. The Bertz CT molecular complexity index is 1160. The first kappa shape index (κ1) is 29.5. The number of allylic oxidation sites excluding steroid dienone is 1. The number of carbonyl (C=O) groups excluding carboxylic acids is 1. The Kier molecular flexibility index (Phi) is 9.72. The molecular weight excluding hydrogens is 498 g/mol. The van der Waals surface area contributed by atoms with E-state index in [1.807, 2.05) is 12.2 Å². The van der Waals surface area contributed by atoms with Gasteiger partial charge in [0.05, 0.1) is 5.69 Å². The molecule has 2 rings (SSSR count). The number of hydrogen-bond acceptors (Lipinski definition) is 4. The molecule has 194 valence electrons. The molecule has 0 N–H and O–H groups in total. The van der Waals surface area contributed by atoms with Gasteiger partial charge in [-0.1, -0.05) is 77.7 Å². The molecule has 0 bridgehead atoms. The zero-order chi connectivity index (χ0) is 26.6. The molecule has 6 nitrogen and oxygen atoms in total.